The number of aromatic nitrogens is 3. The lowest BCUT2D eigenvalue weighted by Gasteiger charge is -2.20. The smallest absolute Gasteiger partial charge is 0.396 e. The lowest BCUT2D eigenvalue weighted by Crippen LogP contribution is -2.35. The van der Waals surface area contributed by atoms with Gasteiger partial charge in [0.2, 0.25) is 5.95 Å². The van der Waals surface area contributed by atoms with Crippen LogP contribution in [0.5, 0.6) is 0 Å². The molecule has 4 atom stereocenters. The summed E-state index contributed by atoms with van der Waals surface area (Å²) in [7, 11) is 0. The maximum Gasteiger partial charge on any atom is 0.416 e. The van der Waals surface area contributed by atoms with E-state index in [1.165, 1.54) is 6.07 Å². The normalized spacial score (nSPS) is 24.1. The van der Waals surface area contributed by atoms with Crippen LogP contribution in [0.3, 0.4) is 0 Å². The largest absolute Gasteiger partial charge is 0.416 e. The zero-order chi connectivity index (χ0) is 22.5. The number of thiazole rings is 1. The molecule has 0 radical (unpaired) electrons. The first kappa shape index (κ1) is 22.0. The maximum absolute atomic E-state index is 13.0. The molecule has 4 rings (SSSR count). The van der Waals surface area contributed by atoms with Gasteiger partial charge in [-0.3, -0.25) is 0 Å². The number of nitrogens with two attached hydrogens (primary N) is 1. The minimum absolute atomic E-state index is 0.0724. The molecule has 3 aromatic rings. The van der Waals surface area contributed by atoms with Gasteiger partial charge in [-0.1, -0.05) is 11.6 Å². The molecule has 1 fully saturated rings. The van der Waals surface area contributed by atoms with Crippen molar-refractivity contribution in [3.05, 3.63) is 28.9 Å². The van der Waals surface area contributed by atoms with E-state index < -0.39 is 35.9 Å². The first-order valence-electron chi connectivity index (χ1n) is 9.13. The Hall–Kier alpha value is -2.25. The summed E-state index contributed by atoms with van der Waals surface area (Å²) in [4.78, 5) is 12.3. The number of hydrogen-bond donors (Lipinski definition) is 5. The number of rotatable bonds is 4. The molecule has 1 aromatic carbocycles. The third-order valence-corrected chi connectivity index (χ3v) is 6.50. The molecule has 1 saturated carbocycles. The Morgan fingerprint density at radius 1 is 1.19 bits per heavy atom. The average molecular weight is 476 g/mol. The monoisotopic (exact) mass is 475 g/mol. The highest BCUT2D eigenvalue weighted by molar-refractivity contribution is 7.21. The van der Waals surface area contributed by atoms with Gasteiger partial charge in [0.15, 0.2) is 0 Å². The Labute approximate surface area is 182 Å². The van der Waals surface area contributed by atoms with Gasteiger partial charge in [0, 0.05) is 12.5 Å². The Morgan fingerprint density at radius 3 is 2.58 bits per heavy atom. The topological polar surface area (TPSA) is 137 Å². The SMILES string of the molecule is Nc1nc(Cl)c(-c2nc3cc(C(F)(F)F)ccc3s2)c(NC2C[C@H](CO)[C@@H](O)[C@H]2O)n1. The number of benzene rings is 1. The highest BCUT2D eigenvalue weighted by atomic mass is 35.5. The van der Waals surface area contributed by atoms with Gasteiger partial charge in [-0.15, -0.1) is 11.3 Å². The van der Waals surface area contributed by atoms with Gasteiger partial charge in [-0.2, -0.15) is 18.2 Å². The molecule has 31 heavy (non-hydrogen) atoms. The number of alkyl halides is 3. The number of aliphatic hydroxyl groups is 3. The molecule has 0 aliphatic heterocycles. The van der Waals surface area contributed by atoms with Crippen molar-refractivity contribution in [2.24, 2.45) is 5.92 Å². The number of nitrogens with zero attached hydrogens (tertiary/aromatic N) is 3. The summed E-state index contributed by atoms with van der Waals surface area (Å²) in [5.41, 5.74) is 5.21. The molecule has 6 N–H and O–H groups in total. The minimum atomic E-state index is -4.50. The minimum Gasteiger partial charge on any atom is -0.396 e. The summed E-state index contributed by atoms with van der Waals surface area (Å²) in [5, 5.41) is 32.9. The van der Waals surface area contributed by atoms with E-state index in [4.69, 9.17) is 17.3 Å². The molecule has 2 aromatic heterocycles. The summed E-state index contributed by atoms with van der Waals surface area (Å²) in [6, 6.07) is 2.55. The van der Waals surface area contributed by atoms with Crippen LogP contribution in [0.15, 0.2) is 18.2 Å². The summed E-state index contributed by atoms with van der Waals surface area (Å²) in [6.07, 6.45) is -6.59. The summed E-state index contributed by atoms with van der Waals surface area (Å²) < 4.78 is 39.6. The standard InChI is InChI=1S/C18H17ClF3N5O3S/c19-14-11(16-25-8-4-7(18(20,21)22)1-2-10(8)31-16)15(27-17(23)26-14)24-9-3-6(5-28)12(29)13(9)30/h1-2,4,6,9,12-13,28-30H,3,5H2,(H3,23,24,26,27)/t6-,9?,12-,13+/m1/s1. The van der Waals surface area contributed by atoms with Gasteiger partial charge in [-0.05, 0) is 24.6 Å². The van der Waals surface area contributed by atoms with E-state index in [9.17, 15) is 28.5 Å². The van der Waals surface area contributed by atoms with Gasteiger partial charge >= 0.3 is 6.18 Å². The molecule has 0 bridgehead atoms. The summed E-state index contributed by atoms with van der Waals surface area (Å²) in [6.45, 7) is -0.310. The van der Waals surface area contributed by atoms with Crippen molar-refractivity contribution in [2.75, 3.05) is 17.7 Å². The van der Waals surface area contributed by atoms with Gasteiger partial charge < -0.3 is 26.4 Å². The lowest BCUT2D eigenvalue weighted by atomic mass is 10.1. The average Bonchev–Trinajstić information content (AvgIpc) is 3.22. The van der Waals surface area contributed by atoms with E-state index in [2.05, 4.69) is 20.3 Å². The van der Waals surface area contributed by atoms with E-state index in [0.29, 0.717) is 4.70 Å². The molecule has 8 nitrogen and oxygen atoms in total. The van der Waals surface area contributed by atoms with E-state index in [-0.39, 0.29) is 46.0 Å². The van der Waals surface area contributed by atoms with E-state index in [1.54, 1.807) is 0 Å². The molecular formula is C18H17ClF3N5O3S. The van der Waals surface area contributed by atoms with Crippen molar-refractivity contribution < 1.29 is 28.5 Å². The van der Waals surface area contributed by atoms with Gasteiger partial charge in [0.1, 0.15) is 22.1 Å². The Kier molecular flexibility index (Phi) is 5.68. The zero-order valence-corrected chi connectivity index (χ0v) is 17.2. The number of nitrogens with one attached hydrogen (secondary N) is 1. The summed E-state index contributed by atoms with van der Waals surface area (Å²) in [5.74, 6) is -0.584. The van der Waals surface area contributed by atoms with Crippen LogP contribution in [0.2, 0.25) is 5.15 Å². The molecule has 13 heteroatoms. The molecule has 0 amide bonds. The predicted octanol–water partition coefficient (Wildman–Crippen LogP) is 2.52. The quantitative estimate of drug-likeness (QED) is 0.363. The Balaban J connectivity index is 1.75. The number of fused-ring (bicyclic) bond motifs is 1. The summed E-state index contributed by atoms with van der Waals surface area (Å²) >= 11 is 7.36. The van der Waals surface area contributed by atoms with Crippen molar-refractivity contribution in [3.8, 4) is 10.6 Å². The fourth-order valence-corrected chi connectivity index (χ4v) is 4.89. The van der Waals surface area contributed by atoms with Crippen molar-refractivity contribution >= 4 is 44.9 Å². The molecule has 2 heterocycles. The van der Waals surface area contributed by atoms with E-state index in [0.717, 1.165) is 23.5 Å². The van der Waals surface area contributed by atoms with Crippen LogP contribution in [0.1, 0.15) is 12.0 Å². The van der Waals surface area contributed by atoms with Crippen molar-refractivity contribution in [3.63, 3.8) is 0 Å². The van der Waals surface area contributed by atoms with Crippen LogP contribution in [0.4, 0.5) is 24.9 Å². The highest BCUT2D eigenvalue weighted by Crippen LogP contribution is 2.41. The molecule has 0 saturated heterocycles. The molecule has 1 unspecified atom stereocenters. The van der Waals surface area contributed by atoms with Gasteiger partial charge in [0.05, 0.1) is 33.5 Å². The third kappa shape index (κ3) is 4.13. The second-order valence-electron chi connectivity index (χ2n) is 7.21. The number of anilines is 2. The zero-order valence-electron chi connectivity index (χ0n) is 15.6. The lowest BCUT2D eigenvalue weighted by molar-refractivity contribution is -0.137. The van der Waals surface area contributed by atoms with Crippen LogP contribution < -0.4 is 11.1 Å². The second-order valence-corrected chi connectivity index (χ2v) is 8.59. The second kappa shape index (κ2) is 8.02. The third-order valence-electron chi connectivity index (χ3n) is 5.17. The maximum atomic E-state index is 13.0. The number of aliphatic hydroxyl groups excluding tert-OH is 3. The molecule has 166 valence electrons. The van der Waals surface area contributed by atoms with Crippen LogP contribution >= 0.6 is 22.9 Å². The Morgan fingerprint density at radius 2 is 1.94 bits per heavy atom. The number of hydrogen-bond acceptors (Lipinski definition) is 9. The van der Waals surface area contributed by atoms with Crippen LogP contribution in [0, 0.1) is 5.92 Å². The molecule has 1 aliphatic rings. The first-order chi connectivity index (χ1) is 14.6. The van der Waals surface area contributed by atoms with Crippen LogP contribution in [0.25, 0.3) is 20.8 Å². The highest BCUT2D eigenvalue weighted by Gasteiger charge is 2.41. The van der Waals surface area contributed by atoms with Gasteiger partial charge in [-0.25, -0.2) is 9.97 Å². The molecule has 1 aliphatic carbocycles. The predicted molar refractivity (Wildman–Crippen MR) is 110 cm³/mol. The number of nitrogen functional groups attached to an aromatic ring is 1. The fraction of sp³-hybridized carbons (Fsp3) is 0.389. The fourth-order valence-electron chi connectivity index (χ4n) is 3.58. The van der Waals surface area contributed by atoms with Crippen molar-refractivity contribution in [1.29, 1.82) is 0 Å². The van der Waals surface area contributed by atoms with Gasteiger partial charge in [0.25, 0.3) is 0 Å². The number of halogens is 4. The molecule has 0 spiro atoms. The molecular weight excluding hydrogens is 459 g/mol. The van der Waals surface area contributed by atoms with Crippen molar-refractivity contribution in [2.45, 2.75) is 30.8 Å². The van der Waals surface area contributed by atoms with Crippen LogP contribution in [-0.4, -0.2) is 55.1 Å². The van der Waals surface area contributed by atoms with Crippen LogP contribution in [-0.2, 0) is 6.18 Å². The first-order valence-corrected chi connectivity index (χ1v) is 10.3. The Bertz CT molecular complexity index is 1130. The van der Waals surface area contributed by atoms with E-state index >= 15 is 0 Å². The van der Waals surface area contributed by atoms with E-state index in [1.807, 2.05) is 0 Å². The van der Waals surface area contributed by atoms with Crippen molar-refractivity contribution in [1.82, 2.24) is 15.0 Å².